The third kappa shape index (κ3) is 4.67. The van der Waals surface area contributed by atoms with Crippen molar-refractivity contribution in [3.05, 3.63) is 32.9 Å². The number of aryl methyl sites for hydroxylation is 1. The van der Waals surface area contributed by atoms with Crippen molar-refractivity contribution in [1.82, 2.24) is 9.78 Å². The summed E-state index contributed by atoms with van der Waals surface area (Å²) in [4.78, 5) is 37.4. The predicted octanol–water partition coefficient (Wildman–Crippen LogP) is 3.44. The Morgan fingerprint density at radius 2 is 1.96 bits per heavy atom. The Balaban J connectivity index is 2.41. The molecule has 2 rings (SSSR count). The molecule has 0 spiro atoms. The summed E-state index contributed by atoms with van der Waals surface area (Å²) in [5.74, 6) is -1.79. The van der Waals surface area contributed by atoms with E-state index in [2.05, 4.69) is 10.4 Å². The van der Waals surface area contributed by atoms with Crippen LogP contribution in [0.3, 0.4) is 0 Å². The van der Waals surface area contributed by atoms with Gasteiger partial charge in [0, 0.05) is 13.2 Å². The van der Waals surface area contributed by atoms with Gasteiger partial charge in [0.2, 0.25) is 0 Å². The molecule has 0 aliphatic rings. The number of anilines is 1. The van der Waals surface area contributed by atoms with Gasteiger partial charge in [0.15, 0.2) is 5.69 Å². The molecular weight excluding hydrogens is 394 g/mol. The van der Waals surface area contributed by atoms with Crippen molar-refractivity contribution in [3.63, 3.8) is 0 Å². The third-order valence-corrected chi connectivity index (χ3v) is 4.94. The van der Waals surface area contributed by atoms with E-state index < -0.39 is 17.8 Å². The van der Waals surface area contributed by atoms with Crippen molar-refractivity contribution in [2.45, 2.75) is 27.2 Å². The Morgan fingerprint density at radius 3 is 2.52 bits per heavy atom. The topological polar surface area (TPSA) is 99.5 Å². The van der Waals surface area contributed by atoms with Gasteiger partial charge in [0.05, 0.1) is 23.8 Å². The quantitative estimate of drug-likeness (QED) is 0.698. The number of nitrogens with zero attached hydrogens (tertiary/aromatic N) is 2. The fraction of sp³-hybridized carbons (Fsp3) is 0.412. The molecule has 0 saturated heterocycles. The fourth-order valence-electron chi connectivity index (χ4n) is 2.28. The number of carbonyl (C=O) groups excluding carboxylic acids is 3. The summed E-state index contributed by atoms with van der Waals surface area (Å²) >= 11 is 6.95. The molecule has 0 aliphatic heterocycles. The summed E-state index contributed by atoms with van der Waals surface area (Å²) in [6.07, 6.45) is 2.13. The molecule has 2 aromatic rings. The number of nitrogens with one attached hydrogen (secondary N) is 1. The van der Waals surface area contributed by atoms with Gasteiger partial charge in [-0.15, -0.1) is 11.3 Å². The number of esters is 2. The van der Waals surface area contributed by atoms with Crippen molar-refractivity contribution < 1.29 is 23.9 Å². The number of rotatable bonds is 7. The number of thiophene rings is 1. The average Bonchev–Trinajstić information content (AvgIpc) is 3.11. The number of ether oxygens (including phenoxy) is 2. The number of halogens is 1. The lowest BCUT2D eigenvalue weighted by molar-refractivity contribution is 0.0506. The van der Waals surface area contributed by atoms with Gasteiger partial charge in [-0.1, -0.05) is 18.5 Å². The molecule has 0 saturated carbocycles. The van der Waals surface area contributed by atoms with E-state index in [-0.39, 0.29) is 39.4 Å². The minimum Gasteiger partial charge on any atom is -0.462 e. The summed E-state index contributed by atoms with van der Waals surface area (Å²) in [7, 11) is 1.63. The maximum atomic E-state index is 12.5. The van der Waals surface area contributed by atoms with Crippen LogP contribution in [0, 0.1) is 6.92 Å². The predicted molar refractivity (Wildman–Crippen MR) is 102 cm³/mol. The second kappa shape index (κ2) is 9.01. The summed E-state index contributed by atoms with van der Waals surface area (Å²) in [5.41, 5.74) is 0.523. The highest BCUT2D eigenvalue weighted by atomic mass is 35.5. The molecule has 8 nitrogen and oxygen atoms in total. The molecule has 1 N–H and O–H groups in total. The fourth-order valence-corrected chi connectivity index (χ4v) is 3.63. The maximum Gasteiger partial charge on any atom is 0.348 e. The number of amides is 1. The molecule has 27 heavy (non-hydrogen) atoms. The molecule has 0 atom stereocenters. The normalized spacial score (nSPS) is 10.6. The van der Waals surface area contributed by atoms with Crippen molar-refractivity contribution in [1.29, 1.82) is 0 Å². The Morgan fingerprint density at radius 1 is 1.26 bits per heavy atom. The van der Waals surface area contributed by atoms with Gasteiger partial charge in [-0.3, -0.25) is 9.48 Å². The van der Waals surface area contributed by atoms with Gasteiger partial charge in [0.25, 0.3) is 5.91 Å². The summed E-state index contributed by atoms with van der Waals surface area (Å²) in [6.45, 7) is 5.57. The molecule has 0 aromatic carbocycles. The lowest BCUT2D eigenvalue weighted by Crippen LogP contribution is -2.16. The smallest absolute Gasteiger partial charge is 0.348 e. The summed E-state index contributed by atoms with van der Waals surface area (Å²) in [6, 6.07) is 0. The van der Waals surface area contributed by atoms with Gasteiger partial charge < -0.3 is 14.8 Å². The lowest BCUT2D eigenvalue weighted by Gasteiger charge is -2.07. The zero-order valence-corrected chi connectivity index (χ0v) is 17.0. The first-order chi connectivity index (χ1) is 12.8. The van der Waals surface area contributed by atoms with Crippen LogP contribution < -0.4 is 5.32 Å². The Bertz CT molecular complexity index is 874. The van der Waals surface area contributed by atoms with Crippen LogP contribution in [-0.4, -0.2) is 40.8 Å². The van der Waals surface area contributed by atoms with E-state index in [0.29, 0.717) is 12.0 Å². The zero-order valence-electron chi connectivity index (χ0n) is 15.4. The van der Waals surface area contributed by atoms with E-state index in [9.17, 15) is 14.4 Å². The Labute approximate surface area is 165 Å². The SMILES string of the molecule is CCCOC(=O)c1c(NC(=O)c2nn(C)cc2Cl)sc(C(=O)OCC)c1C. The highest BCUT2D eigenvalue weighted by Gasteiger charge is 2.28. The first kappa shape index (κ1) is 20.9. The van der Waals surface area contributed by atoms with E-state index in [0.717, 1.165) is 11.3 Å². The van der Waals surface area contributed by atoms with Crippen LogP contribution in [0.4, 0.5) is 5.00 Å². The number of carbonyl (C=O) groups is 3. The largest absolute Gasteiger partial charge is 0.462 e. The average molecular weight is 414 g/mol. The van der Waals surface area contributed by atoms with Crippen LogP contribution in [-0.2, 0) is 16.5 Å². The molecule has 0 aliphatic carbocycles. The molecule has 1 amide bonds. The molecule has 2 heterocycles. The van der Waals surface area contributed by atoms with Gasteiger partial charge in [-0.05, 0) is 25.8 Å². The summed E-state index contributed by atoms with van der Waals surface area (Å²) < 4.78 is 11.6. The molecule has 0 radical (unpaired) electrons. The molecule has 0 bridgehead atoms. The third-order valence-electron chi connectivity index (χ3n) is 3.48. The molecule has 146 valence electrons. The van der Waals surface area contributed by atoms with Crippen LogP contribution in [0.15, 0.2) is 6.20 Å². The Kier molecular flexibility index (Phi) is 6.98. The number of aromatic nitrogens is 2. The highest BCUT2D eigenvalue weighted by molar-refractivity contribution is 7.18. The van der Waals surface area contributed by atoms with E-state index >= 15 is 0 Å². The van der Waals surface area contributed by atoms with Crippen molar-refractivity contribution >= 4 is 45.8 Å². The monoisotopic (exact) mass is 413 g/mol. The van der Waals surface area contributed by atoms with Crippen LogP contribution in [0.1, 0.15) is 56.3 Å². The van der Waals surface area contributed by atoms with Gasteiger partial charge in [0.1, 0.15) is 9.88 Å². The van der Waals surface area contributed by atoms with Gasteiger partial charge in [-0.2, -0.15) is 5.10 Å². The van der Waals surface area contributed by atoms with E-state index in [4.69, 9.17) is 21.1 Å². The van der Waals surface area contributed by atoms with Gasteiger partial charge in [-0.25, -0.2) is 9.59 Å². The maximum absolute atomic E-state index is 12.5. The van der Waals surface area contributed by atoms with Crippen molar-refractivity contribution in [2.24, 2.45) is 7.05 Å². The molecule has 0 unspecified atom stereocenters. The minimum atomic E-state index is -0.622. The second-order valence-corrected chi connectivity index (χ2v) is 7.00. The van der Waals surface area contributed by atoms with E-state index in [1.165, 1.54) is 10.9 Å². The van der Waals surface area contributed by atoms with Crippen molar-refractivity contribution in [2.75, 3.05) is 18.5 Å². The second-order valence-electron chi connectivity index (χ2n) is 5.57. The standard InChI is InChI=1S/C17H20ClN3O5S/c1-5-7-26-16(23)11-9(3)13(17(24)25-6-2)27-15(11)19-14(22)12-10(18)8-21(4)20-12/h8H,5-7H2,1-4H3,(H,19,22). The number of hydrogen-bond donors (Lipinski definition) is 1. The summed E-state index contributed by atoms with van der Waals surface area (Å²) in [5, 5.41) is 6.95. The van der Waals surface area contributed by atoms with E-state index in [1.807, 2.05) is 6.92 Å². The Hall–Kier alpha value is -2.39. The first-order valence-corrected chi connectivity index (χ1v) is 9.47. The number of hydrogen-bond acceptors (Lipinski definition) is 7. The van der Waals surface area contributed by atoms with Crippen LogP contribution in [0.25, 0.3) is 0 Å². The zero-order chi connectivity index (χ0) is 20.1. The van der Waals surface area contributed by atoms with Gasteiger partial charge >= 0.3 is 11.9 Å². The molecular formula is C17H20ClN3O5S. The van der Waals surface area contributed by atoms with Crippen LogP contribution in [0.2, 0.25) is 5.02 Å². The lowest BCUT2D eigenvalue weighted by atomic mass is 10.1. The van der Waals surface area contributed by atoms with Crippen molar-refractivity contribution in [3.8, 4) is 0 Å². The highest BCUT2D eigenvalue weighted by Crippen LogP contribution is 2.35. The molecule has 2 aromatic heterocycles. The van der Waals surface area contributed by atoms with Crippen LogP contribution >= 0.6 is 22.9 Å². The molecule has 0 fully saturated rings. The first-order valence-electron chi connectivity index (χ1n) is 8.28. The molecule has 10 heteroatoms. The minimum absolute atomic E-state index is 0.00998. The van der Waals surface area contributed by atoms with E-state index in [1.54, 1.807) is 20.9 Å². The van der Waals surface area contributed by atoms with Crippen LogP contribution in [0.5, 0.6) is 0 Å².